The lowest BCUT2D eigenvalue weighted by Crippen LogP contribution is -2.30. The van der Waals surface area contributed by atoms with Crippen LogP contribution < -0.4 is 0 Å². The molecule has 2 aromatic rings. The molecule has 3 rings (SSSR count). The van der Waals surface area contributed by atoms with Gasteiger partial charge in [0.2, 0.25) is 0 Å². The Morgan fingerprint density at radius 3 is 1.92 bits per heavy atom. The van der Waals surface area contributed by atoms with Crippen molar-refractivity contribution in [1.29, 1.82) is 0 Å². The fraction of sp³-hybridized carbons (Fsp3) is 0.429. The van der Waals surface area contributed by atoms with E-state index in [-0.39, 0.29) is 11.8 Å². The Hall–Kier alpha value is -1.94. The highest BCUT2D eigenvalue weighted by Gasteiger charge is 2.34. The Morgan fingerprint density at radius 1 is 0.720 bits per heavy atom. The first-order chi connectivity index (χ1) is 12.3. The van der Waals surface area contributed by atoms with Crippen molar-refractivity contribution < 1.29 is 9.59 Å². The van der Waals surface area contributed by atoms with Gasteiger partial charge in [-0.25, -0.2) is 0 Å². The average Bonchev–Trinajstić information content (AvgIpc) is 3.23. The van der Waals surface area contributed by atoms with Crippen LogP contribution in [0.5, 0.6) is 0 Å². The van der Waals surface area contributed by atoms with Crippen LogP contribution in [0.1, 0.15) is 70.5 Å². The Bertz CT molecular complexity index is 673. The van der Waals surface area contributed by atoms with Crippen LogP contribution >= 0.6 is 11.3 Å². The van der Waals surface area contributed by atoms with Crippen LogP contribution in [0.2, 0.25) is 0 Å². The zero-order chi connectivity index (χ0) is 17.5. The summed E-state index contributed by atoms with van der Waals surface area (Å²) in [5.41, 5.74) is 1.11. The minimum atomic E-state index is -0.130. The average molecular weight is 356 g/mol. The molecule has 0 fully saturated rings. The topological polar surface area (TPSA) is 37.4 Å². The zero-order valence-corrected chi connectivity index (χ0v) is 15.4. The quantitative estimate of drug-likeness (QED) is 0.427. The molecule has 0 atom stereocenters. The van der Waals surface area contributed by atoms with Crippen LogP contribution in [0.3, 0.4) is 0 Å². The van der Waals surface area contributed by atoms with E-state index in [0.29, 0.717) is 17.7 Å². The number of carbonyl (C=O) groups is 2. The van der Waals surface area contributed by atoms with Crippen LogP contribution in [-0.4, -0.2) is 23.3 Å². The number of imide groups is 1. The first-order valence-corrected chi connectivity index (χ1v) is 10.1. The van der Waals surface area contributed by atoms with E-state index >= 15 is 0 Å². The van der Waals surface area contributed by atoms with Crippen molar-refractivity contribution in [3.05, 3.63) is 57.8 Å². The smallest absolute Gasteiger partial charge is 0.261 e. The highest BCUT2D eigenvalue weighted by atomic mass is 32.1. The van der Waals surface area contributed by atoms with E-state index in [0.717, 1.165) is 12.8 Å². The lowest BCUT2D eigenvalue weighted by molar-refractivity contribution is 0.0651. The molecule has 0 spiro atoms. The molecule has 0 saturated carbocycles. The first kappa shape index (κ1) is 17.9. The molecule has 0 N–H and O–H groups in total. The number of amides is 2. The maximum atomic E-state index is 12.2. The second kappa shape index (κ2) is 8.95. The largest absolute Gasteiger partial charge is 0.274 e. The number of nitrogens with zero attached hydrogens (tertiary/aromatic N) is 1. The fourth-order valence-electron chi connectivity index (χ4n) is 3.35. The van der Waals surface area contributed by atoms with Gasteiger partial charge in [0.05, 0.1) is 11.1 Å². The second-order valence-corrected chi connectivity index (χ2v) is 7.64. The number of benzene rings is 1. The van der Waals surface area contributed by atoms with Gasteiger partial charge in [-0.05, 0) is 42.8 Å². The highest BCUT2D eigenvalue weighted by Crippen LogP contribution is 2.23. The number of rotatable bonds is 10. The molecule has 1 aliphatic heterocycles. The molecule has 2 amide bonds. The fourth-order valence-corrected chi connectivity index (χ4v) is 4.10. The molecule has 3 nitrogen and oxygen atoms in total. The maximum absolute atomic E-state index is 12.2. The molecule has 25 heavy (non-hydrogen) atoms. The van der Waals surface area contributed by atoms with Crippen molar-refractivity contribution in [2.24, 2.45) is 0 Å². The minimum absolute atomic E-state index is 0.130. The zero-order valence-electron chi connectivity index (χ0n) is 14.6. The van der Waals surface area contributed by atoms with E-state index in [4.69, 9.17) is 0 Å². The molecule has 0 aliphatic carbocycles. The van der Waals surface area contributed by atoms with Crippen LogP contribution in [0.25, 0.3) is 0 Å². The summed E-state index contributed by atoms with van der Waals surface area (Å²) in [4.78, 5) is 27.4. The predicted molar refractivity (Wildman–Crippen MR) is 102 cm³/mol. The van der Waals surface area contributed by atoms with Crippen LogP contribution in [0, 0.1) is 0 Å². The minimum Gasteiger partial charge on any atom is -0.274 e. The van der Waals surface area contributed by atoms with Crippen LogP contribution in [0.4, 0.5) is 0 Å². The van der Waals surface area contributed by atoms with Gasteiger partial charge in [-0.3, -0.25) is 14.5 Å². The third-order valence-electron chi connectivity index (χ3n) is 4.76. The summed E-state index contributed by atoms with van der Waals surface area (Å²) in [6.45, 7) is 0.546. The molecule has 2 heterocycles. The summed E-state index contributed by atoms with van der Waals surface area (Å²) in [7, 11) is 0. The molecule has 132 valence electrons. The van der Waals surface area contributed by atoms with Gasteiger partial charge in [-0.15, -0.1) is 11.3 Å². The molecule has 1 aromatic carbocycles. The summed E-state index contributed by atoms with van der Waals surface area (Å²) in [6.07, 6.45) is 9.45. The van der Waals surface area contributed by atoms with Gasteiger partial charge in [0.15, 0.2) is 0 Å². The van der Waals surface area contributed by atoms with Gasteiger partial charge in [-0.1, -0.05) is 50.3 Å². The predicted octanol–water partition coefficient (Wildman–Crippen LogP) is 5.32. The summed E-state index contributed by atoms with van der Waals surface area (Å²) in [5, 5.41) is 2.14. The van der Waals surface area contributed by atoms with Gasteiger partial charge in [0.1, 0.15) is 0 Å². The number of thiophene rings is 1. The van der Waals surface area contributed by atoms with Gasteiger partial charge in [-0.2, -0.15) is 0 Å². The molecule has 0 saturated heterocycles. The lowest BCUT2D eigenvalue weighted by atomic mass is 10.1. The Labute approximate surface area is 153 Å². The third kappa shape index (κ3) is 4.57. The van der Waals surface area contributed by atoms with Crippen molar-refractivity contribution in [2.45, 2.75) is 51.4 Å². The molecule has 0 bridgehead atoms. The van der Waals surface area contributed by atoms with Crippen molar-refractivity contribution >= 4 is 23.2 Å². The van der Waals surface area contributed by atoms with Crippen LogP contribution in [-0.2, 0) is 6.42 Å². The van der Waals surface area contributed by atoms with E-state index in [9.17, 15) is 9.59 Å². The number of aryl methyl sites for hydroxylation is 1. The van der Waals surface area contributed by atoms with Gasteiger partial charge in [0.25, 0.3) is 11.8 Å². The summed E-state index contributed by atoms with van der Waals surface area (Å²) in [5.74, 6) is -0.261. The van der Waals surface area contributed by atoms with Crippen molar-refractivity contribution in [3.8, 4) is 0 Å². The monoisotopic (exact) mass is 355 g/mol. The normalized spacial score (nSPS) is 13.5. The van der Waals surface area contributed by atoms with E-state index in [1.165, 1.54) is 48.3 Å². The van der Waals surface area contributed by atoms with E-state index in [1.54, 1.807) is 12.1 Å². The van der Waals surface area contributed by atoms with Crippen molar-refractivity contribution in [2.75, 3.05) is 6.54 Å². The van der Waals surface area contributed by atoms with E-state index in [1.807, 2.05) is 23.5 Å². The third-order valence-corrected chi connectivity index (χ3v) is 5.70. The summed E-state index contributed by atoms with van der Waals surface area (Å²) >= 11 is 1.85. The lowest BCUT2D eigenvalue weighted by Gasteiger charge is -2.13. The Balaban J connectivity index is 1.26. The molecule has 1 aliphatic rings. The Kier molecular flexibility index (Phi) is 6.40. The van der Waals surface area contributed by atoms with Gasteiger partial charge in [0, 0.05) is 11.4 Å². The summed E-state index contributed by atoms with van der Waals surface area (Å²) in [6, 6.07) is 11.4. The number of hydrogen-bond acceptors (Lipinski definition) is 3. The summed E-state index contributed by atoms with van der Waals surface area (Å²) < 4.78 is 0. The number of fused-ring (bicyclic) bond motifs is 1. The molecule has 1 aromatic heterocycles. The van der Waals surface area contributed by atoms with Crippen molar-refractivity contribution in [1.82, 2.24) is 4.90 Å². The number of unbranched alkanes of at least 4 members (excludes halogenated alkanes) is 6. The number of carbonyl (C=O) groups excluding carboxylic acids is 2. The molecule has 4 heteroatoms. The Morgan fingerprint density at radius 2 is 1.32 bits per heavy atom. The van der Waals surface area contributed by atoms with Crippen LogP contribution in [0.15, 0.2) is 41.8 Å². The number of hydrogen-bond donors (Lipinski definition) is 0. The molecular weight excluding hydrogens is 330 g/mol. The van der Waals surface area contributed by atoms with E-state index < -0.39 is 0 Å². The standard InChI is InChI=1S/C21H25NO2S/c23-20-18-13-7-8-14-19(18)21(24)22(20)15-9-5-3-1-2-4-6-11-17-12-10-16-25-17/h7-8,10,12-14,16H,1-6,9,11,15H2. The first-order valence-electron chi connectivity index (χ1n) is 9.25. The van der Waals surface area contributed by atoms with E-state index in [2.05, 4.69) is 17.5 Å². The maximum Gasteiger partial charge on any atom is 0.261 e. The second-order valence-electron chi connectivity index (χ2n) is 6.61. The van der Waals surface area contributed by atoms with Gasteiger partial charge < -0.3 is 0 Å². The van der Waals surface area contributed by atoms with Gasteiger partial charge >= 0.3 is 0 Å². The molecular formula is C21H25NO2S. The molecule has 0 radical (unpaired) electrons. The highest BCUT2D eigenvalue weighted by molar-refractivity contribution is 7.09. The van der Waals surface area contributed by atoms with Crippen molar-refractivity contribution in [3.63, 3.8) is 0 Å². The molecule has 0 unspecified atom stereocenters. The SMILES string of the molecule is O=C1c2ccccc2C(=O)N1CCCCCCCCCc1cccs1.